The first-order chi connectivity index (χ1) is 31.3. The molecular formula is C60H42N2Si. The molecule has 12 aromatic rings. The van der Waals surface area contributed by atoms with Crippen LogP contribution in [0.4, 0.5) is 0 Å². The highest BCUT2D eigenvalue weighted by molar-refractivity contribution is 7.20. The zero-order valence-electron chi connectivity index (χ0n) is 34.6. The van der Waals surface area contributed by atoms with Crippen LogP contribution in [0, 0.1) is 0 Å². The Bertz CT molecular complexity index is 3500. The number of hydrogen-bond donors (Lipinski definition) is 0. The molecule has 63 heavy (non-hydrogen) atoms. The van der Waals surface area contributed by atoms with Crippen LogP contribution in [-0.2, 0) is 0 Å². The highest BCUT2D eigenvalue weighted by Gasteiger charge is 2.43. The van der Waals surface area contributed by atoms with Gasteiger partial charge < -0.3 is 9.13 Å². The molecule has 0 saturated heterocycles. The van der Waals surface area contributed by atoms with Gasteiger partial charge in [-0.15, -0.1) is 0 Å². The number of nitrogens with zero attached hydrogens (tertiary/aromatic N) is 2. The lowest BCUT2D eigenvalue weighted by atomic mass is 10.0. The van der Waals surface area contributed by atoms with Crippen molar-refractivity contribution in [2.75, 3.05) is 0 Å². The van der Waals surface area contributed by atoms with Crippen molar-refractivity contribution in [3.8, 4) is 33.6 Å². The number of para-hydroxylation sites is 4. The van der Waals surface area contributed by atoms with Gasteiger partial charge in [-0.1, -0.05) is 224 Å². The van der Waals surface area contributed by atoms with Gasteiger partial charge in [-0.25, -0.2) is 0 Å². The molecule has 0 saturated carbocycles. The van der Waals surface area contributed by atoms with E-state index in [0.717, 1.165) is 11.4 Å². The highest BCUT2D eigenvalue weighted by Crippen LogP contribution is 2.42. The summed E-state index contributed by atoms with van der Waals surface area (Å²) in [6.07, 6.45) is 0. The molecule has 12 rings (SSSR count). The van der Waals surface area contributed by atoms with E-state index in [4.69, 9.17) is 0 Å². The topological polar surface area (TPSA) is 9.86 Å². The summed E-state index contributed by atoms with van der Waals surface area (Å²) in [5.41, 5.74) is 11.8. The average molecular weight is 819 g/mol. The van der Waals surface area contributed by atoms with Gasteiger partial charge in [0.2, 0.25) is 0 Å². The van der Waals surface area contributed by atoms with Gasteiger partial charge in [-0.3, -0.25) is 0 Å². The van der Waals surface area contributed by atoms with E-state index >= 15 is 0 Å². The third-order valence-corrected chi connectivity index (χ3v) is 17.9. The van der Waals surface area contributed by atoms with Crippen molar-refractivity contribution < 1.29 is 0 Å². The summed E-state index contributed by atoms with van der Waals surface area (Å²) < 4.78 is 5.15. The second-order valence-corrected chi connectivity index (χ2v) is 20.2. The molecule has 0 N–H and O–H groups in total. The Balaban J connectivity index is 1.27. The van der Waals surface area contributed by atoms with Crippen LogP contribution in [0.3, 0.4) is 0 Å². The zero-order valence-corrected chi connectivity index (χ0v) is 35.6. The first-order valence-electron chi connectivity index (χ1n) is 21.8. The average Bonchev–Trinajstić information content (AvgIpc) is 3.89. The van der Waals surface area contributed by atoms with Gasteiger partial charge in [0.1, 0.15) is 0 Å². The fraction of sp³-hybridized carbons (Fsp3) is 0. The maximum absolute atomic E-state index is 2.99. The van der Waals surface area contributed by atoms with Crippen molar-refractivity contribution in [3.63, 3.8) is 0 Å². The van der Waals surface area contributed by atoms with Crippen molar-refractivity contribution >= 4 is 72.4 Å². The van der Waals surface area contributed by atoms with E-state index in [1.54, 1.807) is 0 Å². The Labute approximate surface area is 368 Å². The van der Waals surface area contributed by atoms with Gasteiger partial charge in [-0.05, 0) is 67.8 Å². The predicted molar refractivity (Wildman–Crippen MR) is 270 cm³/mol. The van der Waals surface area contributed by atoms with E-state index in [-0.39, 0.29) is 0 Å². The highest BCUT2D eigenvalue weighted by atomic mass is 28.3. The van der Waals surface area contributed by atoms with E-state index in [1.807, 2.05) is 0 Å². The first-order valence-corrected chi connectivity index (χ1v) is 23.8. The minimum atomic E-state index is -2.99. The van der Waals surface area contributed by atoms with Crippen LogP contribution in [0.25, 0.3) is 77.2 Å². The fourth-order valence-corrected chi connectivity index (χ4v) is 15.4. The van der Waals surface area contributed by atoms with Crippen LogP contribution in [0.15, 0.2) is 255 Å². The van der Waals surface area contributed by atoms with E-state index < -0.39 is 8.07 Å². The van der Waals surface area contributed by atoms with Gasteiger partial charge in [0.15, 0.2) is 8.07 Å². The largest absolute Gasteiger partial charge is 0.307 e. The second-order valence-electron chi connectivity index (χ2n) is 16.4. The van der Waals surface area contributed by atoms with Crippen molar-refractivity contribution in [2.24, 2.45) is 0 Å². The summed E-state index contributed by atoms with van der Waals surface area (Å²) in [5, 5.41) is 10.3. The Kier molecular flexibility index (Phi) is 8.87. The van der Waals surface area contributed by atoms with Crippen molar-refractivity contribution in [3.05, 3.63) is 255 Å². The van der Waals surface area contributed by atoms with Crippen LogP contribution in [0.5, 0.6) is 0 Å². The van der Waals surface area contributed by atoms with Gasteiger partial charge >= 0.3 is 0 Å². The lowest BCUT2D eigenvalue weighted by Crippen LogP contribution is -2.75. The number of fused-ring (bicyclic) bond motifs is 6. The standard InChI is InChI=1S/C60H42N2Si/c1-6-22-43(23-7-1)45-40-41-56-53(42-45)52-34-20-38-57(59(52)61(56)54-36-18-16-32-49(54)44-24-8-2-9-25-44)62-55-37-19-17-33-50(55)51-35-21-39-58(60(51)62)63(46-26-10-3-11-27-46,47-28-12-4-13-29-47)48-30-14-5-15-31-48/h1-42H. The third kappa shape index (κ3) is 5.78. The van der Waals surface area contributed by atoms with Crippen molar-refractivity contribution in [2.45, 2.75) is 0 Å². The summed E-state index contributed by atoms with van der Waals surface area (Å²) in [7, 11) is -2.99. The molecule has 2 nitrogen and oxygen atoms in total. The molecular weight excluding hydrogens is 777 g/mol. The first kappa shape index (κ1) is 36.8. The number of hydrogen-bond acceptors (Lipinski definition) is 0. The van der Waals surface area contributed by atoms with Crippen molar-refractivity contribution in [1.29, 1.82) is 0 Å². The molecule has 2 heterocycles. The summed E-state index contributed by atoms with van der Waals surface area (Å²) in [6.45, 7) is 0. The maximum Gasteiger partial charge on any atom is 0.181 e. The quantitative estimate of drug-likeness (QED) is 0.107. The van der Waals surface area contributed by atoms with Gasteiger partial charge in [0.25, 0.3) is 0 Å². The fourth-order valence-electron chi connectivity index (χ4n) is 10.4. The summed E-state index contributed by atoms with van der Waals surface area (Å²) in [6, 6.07) is 94.4. The normalized spacial score (nSPS) is 11.8. The Morgan fingerprint density at radius 2 is 0.730 bits per heavy atom. The Morgan fingerprint density at radius 3 is 1.38 bits per heavy atom. The molecule has 0 amide bonds. The molecule has 0 aliphatic rings. The van der Waals surface area contributed by atoms with E-state index in [9.17, 15) is 0 Å². The monoisotopic (exact) mass is 818 g/mol. The molecule has 0 atom stereocenters. The van der Waals surface area contributed by atoms with Crippen LogP contribution >= 0.6 is 0 Å². The smallest absolute Gasteiger partial charge is 0.181 e. The molecule has 0 bridgehead atoms. The second kappa shape index (κ2) is 15.2. The van der Waals surface area contributed by atoms with E-state index in [1.165, 1.54) is 86.6 Å². The predicted octanol–water partition coefficient (Wildman–Crippen LogP) is 12.6. The van der Waals surface area contributed by atoms with Gasteiger partial charge in [0, 0.05) is 27.1 Å². The van der Waals surface area contributed by atoms with Gasteiger partial charge in [-0.2, -0.15) is 0 Å². The van der Waals surface area contributed by atoms with Crippen LogP contribution in [0.1, 0.15) is 0 Å². The minimum Gasteiger partial charge on any atom is -0.307 e. The number of aromatic nitrogens is 2. The summed E-state index contributed by atoms with van der Waals surface area (Å²) in [4.78, 5) is 0. The Hall–Kier alpha value is -7.98. The lowest BCUT2D eigenvalue weighted by molar-refractivity contribution is 1.13. The molecule has 0 radical (unpaired) electrons. The van der Waals surface area contributed by atoms with E-state index in [0.29, 0.717) is 0 Å². The molecule has 2 aromatic heterocycles. The van der Waals surface area contributed by atoms with Crippen LogP contribution < -0.4 is 20.7 Å². The molecule has 3 heteroatoms. The molecule has 0 unspecified atom stereocenters. The van der Waals surface area contributed by atoms with Crippen molar-refractivity contribution in [1.82, 2.24) is 9.13 Å². The SMILES string of the molecule is c1ccc(-c2ccc3c(c2)c2cccc(-n4c5ccccc5c5cccc([Si](c6ccccc6)(c6ccccc6)c6ccccc6)c54)c2n3-c2ccccc2-c2ccccc2)cc1. The van der Waals surface area contributed by atoms with E-state index in [2.05, 4.69) is 264 Å². The molecule has 0 fully saturated rings. The molecule has 10 aromatic carbocycles. The van der Waals surface area contributed by atoms with Crippen LogP contribution in [-0.4, -0.2) is 17.2 Å². The summed E-state index contributed by atoms with van der Waals surface area (Å²) in [5.74, 6) is 0. The van der Waals surface area contributed by atoms with Crippen LogP contribution in [0.2, 0.25) is 0 Å². The zero-order chi connectivity index (χ0) is 41.7. The number of benzene rings is 10. The Morgan fingerprint density at radius 1 is 0.270 bits per heavy atom. The maximum atomic E-state index is 2.61. The van der Waals surface area contributed by atoms with Gasteiger partial charge in [0.05, 0.1) is 33.4 Å². The molecule has 0 aliphatic carbocycles. The summed E-state index contributed by atoms with van der Waals surface area (Å²) >= 11 is 0. The number of rotatable bonds is 8. The molecule has 0 spiro atoms. The lowest BCUT2D eigenvalue weighted by Gasteiger charge is -2.35. The minimum absolute atomic E-state index is 1.14. The third-order valence-electron chi connectivity index (χ3n) is 13.1. The molecule has 0 aliphatic heterocycles. The molecule has 296 valence electrons.